The Hall–Kier alpha value is -2.31. The molecule has 0 bridgehead atoms. The summed E-state index contributed by atoms with van der Waals surface area (Å²) >= 11 is 0. The van der Waals surface area contributed by atoms with E-state index >= 15 is 0 Å². The van der Waals surface area contributed by atoms with E-state index in [0.29, 0.717) is 30.4 Å². The average Bonchev–Trinajstić information content (AvgIpc) is 3.02. The molecule has 1 aromatic carbocycles. The highest BCUT2D eigenvalue weighted by Gasteiger charge is 2.16. The number of benzene rings is 1. The van der Waals surface area contributed by atoms with Crippen LogP contribution in [0.1, 0.15) is 18.4 Å². The second-order valence-electron chi connectivity index (χ2n) is 4.73. The van der Waals surface area contributed by atoms with Crippen molar-refractivity contribution in [1.29, 1.82) is 0 Å². The standard InChI is InChI=1S/C15H16N4O2/c1-20-9-8-11(16)15-18-14(19-21-15)13-7-6-10-4-2-3-5-12(10)17-13/h2-7,11H,8-9,16H2,1H3. The molecule has 0 saturated heterocycles. The van der Waals surface area contributed by atoms with Crippen LogP contribution in [0.3, 0.4) is 0 Å². The fourth-order valence-corrected chi connectivity index (χ4v) is 2.05. The van der Waals surface area contributed by atoms with Gasteiger partial charge in [-0.15, -0.1) is 0 Å². The first-order chi connectivity index (χ1) is 10.3. The van der Waals surface area contributed by atoms with Crippen molar-refractivity contribution in [2.45, 2.75) is 12.5 Å². The average molecular weight is 284 g/mol. The molecule has 0 amide bonds. The van der Waals surface area contributed by atoms with Gasteiger partial charge in [-0.05, 0) is 18.6 Å². The third-order valence-electron chi connectivity index (χ3n) is 3.22. The van der Waals surface area contributed by atoms with E-state index in [1.807, 2.05) is 36.4 Å². The minimum absolute atomic E-state index is 0.327. The van der Waals surface area contributed by atoms with Crippen LogP contribution < -0.4 is 5.73 Å². The Morgan fingerprint density at radius 1 is 1.19 bits per heavy atom. The number of fused-ring (bicyclic) bond motifs is 1. The van der Waals surface area contributed by atoms with E-state index in [-0.39, 0.29) is 6.04 Å². The van der Waals surface area contributed by atoms with E-state index in [9.17, 15) is 0 Å². The molecule has 6 nitrogen and oxygen atoms in total. The molecule has 3 rings (SSSR count). The number of ether oxygens (including phenoxy) is 1. The van der Waals surface area contributed by atoms with E-state index in [2.05, 4.69) is 15.1 Å². The van der Waals surface area contributed by atoms with Crippen molar-refractivity contribution in [3.05, 3.63) is 42.3 Å². The molecule has 2 aromatic heterocycles. The monoisotopic (exact) mass is 284 g/mol. The van der Waals surface area contributed by atoms with Crippen LogP contribution in [-0.4, -0.2) is 28.8 Å². The molecule has 0 radical (unpaired) electrons. The van der Waals surface area contributed by atoms with Crippen LogP contribution in [0, 0.1) is 0 Å². The Labute approximate surface area is 121 Å². The smallest absolute Gasteiger partial charge is 0.244 e. The summed E-state index contributed by atoms with van der Waals surface area (Å²) in [6.45, 7) is 0.549. The highest BCUT2D eigenvalue weighted by Crippen LogP contribution is 2.20. The SMILES string of the molecule is COCCC(N)c1nc(-c2ccc3ccccc3n2)no1. The lowest BCUT2D eigenvalue weighted by Crippen LogP contribution is -2.13. The van der Waals surface area contributed by atoms with Crippen molar-refractivity contribution in [3.63, 3.8) is 0 Å². The van der Waals surface area contributed by atoms with E-state index in [4.69, 9.17) is 15.0 Å². The molecule has 1 unspecified atom stereocenters. The largest absolute Gasteiger partial charge is 0.385 e. The van der Waals surface area contributed by atoms with Gasteiger partial charge in [0.1, 0.15) is 5.69 Å². The van der Waals surface area contributed by atoms with Gasteiger partial charge in [-0.3, -0.25) is 0 Å². The van der Waals surface area contributed by atoms with Crippen molar-refractivity contribution in [1.82, 2.24) is 15.1 Å². The van der Waals surface area contributed by atoms with E-state index in [1.165, 1.54) is 0 Å². The van der Waals surface area contributed by atoms with Gasteiger partial charge in [0.15, 0.2) is 0 Å². The molecule has 1 atom stereocenters. The molecule has 6 heteroatoms. The number of para-hydroxylation sites is 1. The molecule has 0 spiro atoms. The number of hydrogen-bond acceptors (Lipinski definition) is 6. The third kappa shape index (κ3) is 2.91. The molecule has 0 fully saturated rings. The summed E-state index contributed by atoms with van der Waals surface area (Å²) < 4.78 is 10.2. The zero-order chi connectivity index (χ0) is 14.7. The number of methoxy groups -OCH3 is 1. The molecule has 0 saturated carbocycles. The summed E-state index contributed by atoms with van der Waals surface area (Å²) in [5, 5.41) is 5.02. The maximum absolute atomic E-state index is 5.97. The zero-order valence-corrected chi connectivity index (χ0v) is 11.7. The van der Waals surface area contributed by atoms with Gasteiger partial charge in [-0.1, -0.05) is 29.4 Å². The Kier molecular flexibility index (Phi) is 3.89. The van der Waals surface area contributed by atoms with Crippen molar-refractivity contribution < 1.29 is 9.26 Å². The molecule has 2 heterocycles. The Morgan fingerprint density at radius 3 is 2.90 bits per heavy atom. The highest BCUT2D eigenvalue weighted by molar-refractivity contribution is 5.80. The lowest BCUT2D eigenvalue weighted by Gasteiger charge is -2.04. The van der Waals surface area contributed by atoms with Crippen LogP contribution in [0.4, 0.5) is 0 Å². The maximum atomic E-state index is 5.97. The number of nitrogens with zero attached hydrogens (tertiary/aromatic N) is 3. The summed E-state index contributed by atoms with van der Waals surface area (Å²) in [6, 6.07) is 11.4. The van der Waals surface area contributed by atoms with E-state index in [1.54, 1.807) is 7.11 Å². The molecule has 3 aromatic rings. The predicted molar refractivity (Wildman–Crippen MR) is 78.5 cm³/mol. The molecule has 2 N–H and O–H groups in total. The Morgan fingerprint density at radius 2 is 2.05 bits per heavy atom. The summed E-state index contributed by atoms with van der Waals surface area (Å²) in [6.07, 6.45) is 0.628. The second-order valence-corrected chi connectivity index (χ2v) is 4.73. The van der Waals surface area contributed by atoms with Gasteiger partial charge >= 0.3 is 0 Å². The van der Waals surface area contributed by atoms with Crippen LogP contribution >= 0.6 is 0 Å². The maximum Gasteiger partial charge on any atom is 0.244 e. The first-order valence-electron chi connectivity index (χ1n) is 6.72. The number of nitrogens with two attached hydrogens (primary N) is 1. The fraction of sp³-hybridized carbons (Fsp3) is 0.267. The summed E-state index contributed by atoms with van der Waals surface area (Å²) in [4.78, 5) is 8.85. The summed E-state index contributed by atoms with van der Waals surface area (Å²) in [5.41, 5.74) is 7.53. The molecular formula is C15H16N4O2. The zero-order valence-electron chi connectivity index (χ0n) is 11.7. The Balaban J connectivity index is 1.87. The van der Waals surface area contributed by atoms with Gasteiger partial charge in [0.05, 0.1) is 11.6 Å². The lowest BCUT2D eigenvalue weighted by molar-refractivity contribution is 0.182. The molecule has 21 heavy (non-hydrogen) atoms. The normalized spacial score (nSPS) is 12.7. The van der Waals surface area contributed by atoms with E-state index in [0.717, 1.165) is 10.9 Å². The molecule has 0 aliphatic carbocycles. The fourth-order valence-electron chi connectivity index (χ4n) is 2.05. The topological polar surface area (TPSA) is 87.1 Å². The first kappa shape index (κ1) is 13.7. The van der Waals surface area contributed by atoms with Crippen LogP contribution in [0.5, 0.6) is 0 Å². The minimum atomic E-state index is -0.327. The van der Waals surface area contributed by atoms with Gasteiger partial charge in [0.25, 0.3) is 0 Å². The van der Waals surface area contributed by atoms with Crippen molar-refractivity contribution in [3.8, 4) is 11.5 Å². The number of pyridine rings is 1. The summed E-state index contributed by atoms with van der Waals surface area (Å²) in [7, 11) is 1.63. The second kappa shape index (κ2) is 5.99. The van der Waals surface area contributed by atoms with Crippen LogP contribution in [-0.2, 0) is 4.74 Å². The van der Waals surface area contributed by atoms with Gasteiger partial charge in [0.2, 0.25) is 11.7 Å². The third-order valence-corrected chi connectivity index (χ3v) is 3.22. The first-order valence-corrected chi connectivity index (χ1v) is 6.72. The Bertz CT molecular complexity index is 741. The molecular weight excluding hydrogens is 268 g/mol. The van der Waals surface area contributed by atoms with E-state index < -0.39 is 0 Å². The predicted octanol–water partition coefficient (Wildman–Crippen LogP) is 2.32. The van der Waals surface area contributed by atoms with Crippen LogP contribution in [0.2, 0.25) is 0 Å². The highest BCUT2D eigenvalue weighted by atomic mass is 16.5. The molecule has 0 aliphatic heterocycles. The number of aromatic nitrogens is 3. The lowest BCUT2D eigenvalue weighted by atomic mass is 10.2. The van der Waals surface area contributed by atoms with Crippen molar-refractivity contribution >= 4 is 10.9 Å². The molecule has 0 aliphatic rings. The molecule has 108 valence electrons. The van der Waals surface area contributed by atoms with Crippen LogP contribution in [0.15, 0.2) is 40.9 Å². The van der Waals surface area contributed by atoms with Gasteiger partial charge in [0, 0.05) is 19.1 Å². The van der Waals surface area contributed by atoms with Gasteiger partial charge < -0.3 is 15.0 Å². The van der Waals surface area contributed by atoms with Gasteiger partial charge in [-0.2, -0.15) is 4.98 Å². The van der Waals surface area contributed by atoms with Crippen molar-refractivity contribution in [2.24, 2.45) is 5.73 Å². The number of hydrogen-bond donors (Lipinski definition) is 1. The summed E-state index contributed by atoms with van der Waals surface area (Å²) in [5.74, 6) is 0.848. The quantitative estimate of drug-likeness (QED) is 0.773. The van der Waals surface area contributed by atoms with Gasteiger partial charge in [-0.25, -0.2) is 4.98 Å². The minimum Gasteiger partial charge on any atom is -0.385 e. The number of rotatable bonds is 5. The van der Waals surface area contributed by atoms with Crippen molar-refractivity contribution in [2.75, 3.05) is 13.7 Å². The van der Waals surface area contributed by atoms with Crippen LogP contribution in [0.25, 0.3) is 22.4 Å².